The molecule has 0 spiro atoms. The molecular weight excluding hydrogens is 271 g/mol. The number of fused-ring (bicyclic) bond motifs is 1. The lowest BCUT2D eigenvalue weighted by atomic mass is 10.3. The van der Waals surface area contributed by atoms with Gasteiger partial charge in [-0.2, -0.15) is 0 Å². The zero-order chi connectivity index (χ0) is 11.7. The van der Waals surface area contributed by atoms with E-state index < -0.39 is 0 Å². The second-order valence-corrected chi connectivity index (χ2v) is 4.88. The minimum atomic E-state index is -0.286. The van der Waals surface area contributed by atoms with Crippen molar-refractivity contribution < 1.29 is 4.39 Å². The highest BCUT2D eigenvalue weighted by atomic mass is 79.9. The fourth-order valence-corrected chi connectivity index (χ4v) is 2.03. The van der Waals surface area contributed by atoms with E-state index in [1.54, 1.807) is 6.07 Å². The molecule has 2 aromatic rings. The largest absolute Gasteiger partial charge is 0.315 e. The molecule has 0 aliphatic rings. The second-order valence-electron chi connectivity index (χ2n) is 3.51. The van der Waals surface area contributed by atoms with Gasteiger partial charge in [-0.25, -0.2) is 9.37 Å². The van der Waals surface area contributed by atoms with Gasteiger partial charge in [-0.05, 0) is 19.1 Å². The minimum absolute atomic E-state index is 0.0799. The molecule has 1 unspecified atom stereocenters. The van der Waals surface area contributed by atoms with E-state index in [2.05, 4.69) is 26.8 Å². The van der Waals surface area contributed by atoms with Crippen LogP contribution in [0, 0.1) is 18.2 Å². The molecule has 1 aromatic carbocycles. The average molecular weight is 281 g/mol. The van der Waals surface area contributed by atoms with Crippen LogP contribution in [0.3, 0.4) is 0 Å². The molecule has 16 heavy (non-hydrogen) atoms. The Morgan fingerprint density at radius 3 is 3.00 bits per heavy atom. The van der Waals surface area contributed by atoms with Gasteiger partial charge < -0.3 is 4.57 Å². The lowest BCUT2D eigenvalue weighted by molar-refractivity contribution is 0.629. The fraction of sp³-hybridized carbons (Fsp3) is 0.250. The molecule has 2 nitrogen and oxygen atoms in total. The Morgan fingerprint density at radius 2 is 2.38 bits per heavy atom. The van der Waals surface area contributed by atoms with Crippen LogP contribution < -0.4 is 0 Å². The van der Waals surface area contributed by atoms with Crippen LogP contribution in [0.2, 0.25) is 0 Å². The first-order chi connectivity index (χ1) is 7.63. The number of hydrogen-bond acceptors (Lipinski definition) is 1. The summed E-state index contributed by atoms with van der Waals surface area (Å²) < 4.78 is 15.0. The summed E-state index contributed by atoms with van der Waals surface area (Å²) in [5, 5.41) is 0. The summed E-state index contributed by atoms with van der Waals surface area (Å²) in [6.45, 7) is 2.40. The van der Waals surface area contributed by atoms with Crippen LogP contribution in [0.1, 0.15) is 17.6 Å². The summed E-state index contributed by atoms with van der Waals surface area (Å²) in [6.07, 6.45) is 5.32. The van der Waals surface area contributed by atoms with Crippen LogP contribution in [-0.4, -0.2) is 9.55 Å². The summed E-state index contributed by atoms with van der Waals surface area (Å²) in [6, 6.07) is 4.54. The summed E-state index contributed by atoms with van der Waals surface area (Å²) >= 11 is 3.45. The number of imidazole rings is 1. The third-order valence-electron chi connectivity index (χ3n) is 2.34. The number of hydrogen-bond donors (Lipinski definition) is 0. The van der Waals surface area contributed by atoms with Crippen LogP contribution >= 0.6 is 15.9 Å². The number of nitrogens with zero attached hydrogens (tertiary/aromatic N) is 2. The molecule has 0 saturated heterocycles. The summed E-state index contributed by atoms with van der Waals surface area (Å²) in [4.78, 5) is 4.45. The maximum atomic E-state index is 13.1. The highest BCUT2D eigenvalue weighted by Crippen LogP contribution is 2.26. The molecule has 0 aliphatic heterocycles. The summed E-state index contributed by atoms with van der Waals surface area (Å²) in [5.74, 6) is 3.11. The molecular formula is C12H10BrFN2. The van der Waals surface area contributed by atoms with E-state index in [1.807, 2.05) is 11.5 Å². The lowest BCUT2D eigenvalue weighted by Crippen LogP contribution is -2.02. The summed E-state index contributed by atoms with van der Waals surface area (Å²) in [5.41, 5.74) is 1.50. The predicted octanol–water partition coefficient (Wildman–Crippen LogP) is 3.26. The maximum absolute atomic E-state index is 13.1. The normalized spacial score (nSPS) is 12.6. The quantitative estimate of drug-likeness (QED) is 0.610. The molecule has 0 amide bonds. The van der Waals surface area contributed by atoms with Gasteiger partial charge in [-0.1, -0.05) is 21.9 Å². The van der Waals surface area contributed by atoms with Gasteiger partial charge in [-0.15, -0.1) is 6.42 Å². The Bertz CT molecular complexity index is 566. The average Bonchev–Trinajstić information content (AvgIpc) is 2.57. The van der Waals surface area contributed by atoms with E-state index in [4.69, 9.17) is 6.42 Å². The highest BCUT2D eigenvalue weighted by Gasteiger charge is 2.14. The standard InChI is InChI=1S/C12H10BrFN2/c1-3-6-16-11-5-4-9(14)7-10(11)15-12(16)8(2)13/h1,4-5,7-8H,6H2,2H3. The Labute approximate surface area is 102 Å². The van der Waals surface area contributed by atoms with Crippen molar-refractivity contribution in [1.82, 2.24) is 9.55 Å². The topological polar surface area (TPSA) is 17.8 Å². The molecule has 2 rings (SSSR count). The SMILES string of the molecule is C#CCn1c(C(C)Br)nc2cc(F)ccc21. The van der Waals surface area contributed by atoms with Crippen molar-refractivity contribution in [1.29, 1.82) is 0 Å². The van der Waals surface area contributed by atoms with Gasteiger partial charge in [0.05, 0.1) is 22.4 Å². The zero-order valence-electron chi connectivity index (χ0n) is 8.74. The van der Waals surface area contributed by atoms with Crippen molar-refractivity contribution in [2.45, 2.75) is 18.3 Å². The minimum Gasteiger partial charge on any atom is -0.315 e. The van der Waals surface area contributed by atoms with Crippen LogP contribution in [0.25, 0.3) is 11.0 Å². The van der Waals surface area contributed by atoms with E-state index in [1.165, 1.54) is 12.1 Å². The fourth-order valence-electron chi connectivity index (χ4n) is 1.68. The van der Waals surface area contributed by atoms with Gasteiger partial charge in [0.15, 0.2) is 0 Å². The maximum Gasteiger partial charge on any atom is 0.125 e. The third-order valence-corrected chi connectivity index (χ3v) is 2.75. The van der Waals surface area contributed by atoms with Crippen molar-refractivity contribution in [2.24, 2.45) is 0 Å². The lowest BCUT2D eigenvalue weighted by Gasteiger charge is -2.06. The van der Waals surface area contributed by atoms with Gasteiger partial charge in [0.2, 0.25) is 0 Å². The van der Waals surface area contributed by atoms with E-state index in [-0.39, 0.29) is 10.6 Å². The van der Waals surface area contributed by atoms with Crippen molar-refractivity contribution in [3.8, 4) is 12.3 Å². The molecule has 82 valence electrons. The first kappa shape index (κ1) is 11.2. The number of terminal acetylenes is 1. The number of benzene rings is 1. The number of halogens is 2. The van der Waals surface area contributed by atoms with E-state index in [0.717, 1.165) is 11.3 Å². The van der Waals surface area contributed by atoms with E-state index in [0.29, 0.717) is 12.1 Å². The van der Waals surface area contributed by atoms with Crippen LogP contribution in [0.15, 0.2) is 18.2 Å². The van der Waals surface area contributed by atoms with Crippen LogP contribution in [0.5, 0.6) is 0 Å². The molecule has 0 bridgehead atoms. The first-order valence-corrected chi connectivity index (χ1v) is 5.78. The van der Waals surface area contributed by atoms with Gasteiger partial charge in [0.25, 0.3) is 0 Å². The van der Waals surface area contributed by atoms with Gasteiger partial charge in [-0.3, -0.25) is 0 Å². The van der Waals surface area contributed by atoms with Crippen LogP contribution in [-0.2, 0) is 6.54 Å². The van der Waals surface area contributed by atoms with Crippen molar-refractivity contribution in [3.05, 3.63) is 29.8 Å². The Kier molecular flexibility index (Phi) is 2.97. The van der Waals surface area contributed by atoms with E-state index >= 15 is 0 Å². The van der Waals surface area contributed by atoms with Crippen molar-refractivity contribution in [3.63, 3.8) is 0 Å². The monoisotopic (exact) mass is 280 g/mol. The zero-order valence-corrected chi connectivity index (χ0v) is 10.3. The van der Waals surface area contributed by atoms with Crippen molar-refractivity contribution in [2.75, 3.05) is 0 Å². The molecule has 1 atom stereocenters. The van der Waals surface area contributed by atoms with Gasteiger partial charge in [0, 0.05) is 6.07 Å². The van der Waals surface area contributed by atoms with Gasteiger partial charge >= 0.3 is 0 Å². The number of rotatable bonds is 2. The van der Waals surface area contributed by atoms with Gasteiger partial charge in [0.1, 0.15) is 11.6 Å². The Balaban J connectivity index is 2.71. The second kappa shape index (κ2) is 4.26. The molecule has 0 saturated carbocycles. The molecule has 0 aliphatic carbocycles. The highest BCUT2D eigenvalue weighted by molar-refractivity contribution is 9.09. The summed E-state index contributed by atoms with van der Waals surface area (Å²) in [7, 11) is 0. The molecule has 1 heterocycles. The molecule has 4 heteroatoms. The van der Waals surface area contributed by atoms with Crippen molar-refractivity contribution >= 4 is 27.0 Å². The Hall–Kier alpha value is -1.34. The number of aromatic nitrogens is 2. The molecule has 0 radical (unpaired) electrons. The van der Waals surface area contributed by atoms with E-state index in [9.17, 15) is 4.39 Å². The molecule has 0 fully saturated rings. The predicted molar refractivity (Wildman–Crippen MR) is 65.9 cm³/mol. The molecule has 0 N–H and O–H groups in total. The third kappa shape index (κ3) is 1.83. The number of alkyl halides is 1. The molecule has 1 aromatic heterocycles. The Morgan fingerprint density at radius 1 is 1.62 bits per heavy atom. The van der Waals surface area contributed by atoms with Crippen LogP contribution in [0.4, 0.5) is 4.39 Å². The smallest absolute Gasteiger partial charge is 0.125 e. The first-order valence-electron chi connectivity index (χ1n) is 4.86.